The van der Waals surface area contributed by atoms with Crippen molar-refractivity contribution in [2.45, 2.75) is 6.54 Å². The van der Waals surface area contributed by atoms with Crippen molar-refractivity contribution >= 4 is 16.9 Å². The minimum atomic E-state index is 0.516. The third-order valence-corrected chi connectivity index (χ3v) is 3.63. The molecule has 3 rings (SSSR count). The predicted octanol–water partition coefficient (Wildman–Crippen LogP) is -0.307. The van der Waals surface area contributed by atoms with Gasteiger partial charge in [-0.3, -0.25) is 9.58 Å². The van der Waals surface area contributed by atoms with E-state index in [9.17, 15) is 0 Å². The minimum absolute atomic E-state index is 0.516. The zero-order chi connectivity index (χ0) is 13.4. The molecule has 1 saturated heterocycles. The number of anilines is 1. The summed E-state index contributed by atoms with van der Waals surface area (Å²) in [5, 5.41) is 4.99. The molecule has 0 radical (unpaired) electrons. The average Bonchev–Trinajstić information content (AvgIpc) is 2.75. The van der Waals surface area contributed by atoms with E-state index >= 15 is 0 Å². The molecule has 102 valence electrons. The Morgan fingerprint density at radius 2 is 1.89 bits per heavy atom. The third kappa shape index (κ3) is 2.39. The monoisotopic (exact) mass is 261 g/mol. The van der Waals surface area contributed by atoms with E-state index in [1.54, 1.807) is 10.9 Å². The number of likely N-dealkylation sites (N-methyl/N-ethyl adjacent to an activating group) is 1. The van der Waals surface area contributed by atoms with Crippen LogP contribution in [-0.4, -0.2) is 62.8 Å². The highest BCUT2D eigenvalue weighted by Gasteiger charge is 2.16. The third-order valence-electron chi connectivity index (χ3n) is 3.63. The lowest BCUT2D eigenvalue weighted by Crippen LogP contribution is -2.44. The average molecular weight is 261 g/mol. The van der Waals surface area contributed by atoms with Crippen LogP contribution in [0.1, 0.15) is 5.82 Å². The van der Waals surface area contributed by atoms with Crippen LogP contribution in [0.3, 0.4) is 0 Å². The Hall–Kier alpha value is -1.73. The van der Waals surface area contributed by atoms with Crippen LogP contribution < -0.4 is 5.73 Å². The molecular weight excluding hydrogens is 242 g/mol. The molecule has 1 aliphatic rings. The molecule has 2 aromatic rings. The second kappa shape index (κ2) is 4.75. The van der Waals surface area contributed by atoms with Gasteiger partial charge < -0.3 is 10.6 Å². The van der Waals surface area contributed by atoms with E-state index in [0.717, 1.165) is 49.6 Å². The number of nitrogen functional groups attached to an aromatic ring is 1. The van der Waals surface area contributed by atoms with Gasteiger partial charge in [-0.2, -0.15) is 5.10 Å². The number of aryl methyl sites for hydroxylation is 1. The Morgan fingerprint density at radius 3 is 2.63 bits per heavy atom. The van der Waals surface area contributed by atoms with Crippen LogP contribution >= 0.6 is 0 Å². The highest BCUT2D eigenvalue weighted by atomic mass is 15.3. The maximum Gasteiger partial charge on any atom is 0.163 e. The topological polar surface area (TPSA) is 76.1 Å². The highest BCUT2D eigenvalue weighted by Crippen LogP contribution is 2.17. The van der Waals surface area contributed by atoms with Crippen LogP contribution in [0.4, 0.5) is 5.82 Å². The van der Waals surface area contributed by atoms with Gasteiger partial charge >= 0.3 is 0 Å². The Balaban J connectivity index is 1.83. The molecule has 2 N–H and O–H groups in total. The molecule has 0 atom stereocenters. The van der Waals surface area contributed by atoms with Gasteiger partial charge in [0.25, 0.3) is 0 Å². The van der Waals surface area contributed by atoms with E-state index in [1.165, 1.54) is 0 Å². The molecule has 0 spiro atoms. The standard InChI is InChI=1S/C12H19N7/c1-17-3-5-19(6-4-17)8-10-15-11(13)9-7-14-18(2)12(9)16-10/h7H,3-6,8H2,1-2H3,(H2,13,15,16). The molecule has 0 aliphatic carbocycles. The number of rotatable bonds is 2. The quantitative estimate of drug-likeness (QED) is 0.799. The zero-order valence-corrected chi connectivity index (χ0v) is 11.4. The molecule has 3 heterocycles. The van der Waals surface area contributed by atoms with E-state index < -0.39 is 0 Å². The molecule has 0 unspecified atom stereocenters. The van der Waals surface area contributed by atoms with Crippen molar-refractivity contribution in [2.75, 3.05) is 39.0 Å². The molecule has 7 nitrogen and oxygen atoms in total. The normalized spacial score (nSPS) is 18.2. The summed E-state index contributed by atoms with van der Waals surface area (Å²) in [6.45, 7) is 5.01. The zero-order valence-electron chi connectivity index (χ0n) is 11.4. The summed E-state index contributed by atoms with van der Waals surface area (Å²) in [6, 6.07) is 0. The SMILES string of the molecule is CN1CCN(Cc2nc(N)c3cnn(C)c3n2)CC1. The Kier molecular flexibility index (Phi) is 3.08. The number of aromatic nitrogens is 4. The number of hydrogen-bond acceptors (Lipinski definition) is 6. The van der Waals surface area contributed by atoms with E-state index in [-0.39, 0.29) is 0 Å². The van der Waals surface area contributed by atoms with Crippen LogP contribution in [0.15, 0.2) is 6.20 Å². The summed E-state index contributed by atoms with van der Waals surface area (Å²) in [7, 11) is 4.02. The summed E-state index contributed by atoms with van der Waals surface area (Å²) in [5.74, 6) is 1.29. The van der Waals surface area contributed by atoms with Crippen LogP contribution in [0.2, 0.25) is 0 Å². The van der Waals surface area contributed by atoms with Crippen LogP contribution in [0.5, 0.6) is 0 Å². The Morgan fingerprint density at radius 1 is 1.16 bits per heavy atom. The van der Waals surface area contributed by atoms with Crippen molar-refractivity contribution in [2.24, 2.45) is 7.05 Å². The molecule has 0 amide bonds. The van der Waals surface area contributed by atoms with Gasteiger partial charge in [0, 0.05) is 33.2 Å². The predicted molar refractivity (Wildman–Crippen MR) is 73.5 cm³/mol. The summed E-state index contributed by atoms with van der Waals surface area (Å²) >= 11 is 0. The fourth-order valence-electron chi connectivity index (χ4n) is 2.37. The molecule has 0 bridgehead atoms. The Bertz CT molecular complexity index is 583. The fraction of sp³-hybridized carbons (Fsp3) is 0.583. The van der Waals surface area contributed by atoms with Crippen LogP contribution in [-0.2, 0) is 13.6 Å². The Labute approximate surface area is 112 Å². The molecule has 1 aliphatic heterocycles. The van der Waals surface area contributed by atoms with E-state index in [0.29, 0.717) is 5.82 Å². The molecule has 1 fully saturated rings. The number of nitrogens with two attached hydrogens (primary N) is 1. The highest BCUT2D eigenvalue weighted by molar-refractivity contribution is 5.84. The molecule has 0 aromatic carbocycles. The van der Waals surface area contributed by atoms with Gasteiger partial charge in [-0.1, -0.05) is 0 Å². The van der Waals surface area contributed by atoms with Gasteiger partial charge in [-0.25, -0.2) is 9.97 Å². The van der Waals surface area contributed by atoms with E-state index in [4.69, 9.17) is 5.73 Å². The molecule has 19 heavy (non-hydrogen) atoms. The second-order valence-electron chi connectivity index (χ2n) is 5.11. The molecule has 0 saturated carbocycles. The number of piperazine rings is 1. The lowest BCUT2D eigenvalue weighted by Gasteiger charge is -2.31. The van der Waals surface area contributed by atoms with E-state index in [1.807, 2.05) is 7.05 Å². The first-order chi connectivity index (χ1) is 9.13. The lowest BCUT2D eigenvalue weighted by molar-refractivity contribution is 0.145. The second-order valence-corrected chi connectivity index (χ2v) is 5.11. The first kappa shape index (κ1) is 12.3. The summed E-state index contributed by atoms with van der Waals surface area (Å²) in [6.07, 6.45) is 1.71. The largest absolute Gasteiger partial charge is 0.383 e. The molecular formula is C12H19N7. The fourth-order valence-corrected chi connectivity index (χ4v) is 2.37. The van der Waals surface area contributed by atoms with Crippen LogP contribution in [0, 0.1) is 0 Å². The van der Waals surface area contributed by atoms with Gasteiger partial charge in [-0.15, -0.1) is 0 Å². The first-order valence-corrected chi connectivity index (χ1v) is 6.48. The number of fused-ring (bicyclic) bond motifs is 1. The van der Waals surface area contributed by atoms with Crippen LogP contribution in [0.25, 0.3) is 11.0 Å². The maximum absolute atomic E-state index is 5.97. The summed E-state index contributed by atoms with van der Waals surface area (Å²) < 4.78 is 1.74. The smallest absolute Gasteiger partial charge is 0.163 e. The lowest BCUT2D eigenvalue weighted by atomic mass is 10.3. The minimum Gasteiger partial charge on any atom is -0.383 e. The van der Waals surface area contributed by atoms with Crippen molar-refractivity contribution in [3.63, 3.8) is 0 Å². The van der Waals surface area contributed by atoms with Gasteiger partial charge in [0.2, 0.25) is 0 Å². The van der Waals surface area contributed by atoms with E-state index in [2.05, 4.69) is 31.9 Å². The van der Waals surface area contributed by atoms with Gasteiger partial charge in [0.05, 0.1) is 18.1 Å². The van der Waals surface area contributed by atoms with Gasteiger partial charge in [0.1, 0.15) is 11.6 Å². The van der Waals surface area contributed by atoms with Crippen molar-refractivity contribution in [3.05, 3.63) is 12.0 Å². The molecule has 7 heteroatoms. The van der Waals surface area contributed by atoms with Crippen molar-refractivity contribution in [1.29, 1.82) is 0 Å². The summed E-state index contributed by atoms with van der Waals surface area (Å²) in [4.78, 5) is 13.6. The van der Waals surface area contributed by atoms with Crippen molar-refractivity contribution in [1.82, 2.24) is 29.5 Å². The van der Waals surface area contributed by atoms with Crippen molar-refractivity contribution in [3.8, 4) is 0 Å². The number of hydrogen-bond donors (Lipinski definition) is 1. The van der Waals surface area contributed by atoms with Gasteiger partial charge in [-0.05, 0) is 7.05 Å². The first-order valence-electron chi connectivity index (χ1n) is 6.48. The number of nitrogens with zero attached hydrogens (tertiary/aromatic N) is 6. The summed E-state index contributed by atoms with van der Waals surface area (Å²) in [5.41, 5.74) is 6.77. The van der Waals surface area contributed by atoms with Crippen molar-refractivity contribution < 1.29 is 0 Å². The van der Waals surface area contributed by atoms with Gasteiger partial charge in [0.15, 0.2) is 5.65 Å². The maximum atomic E-state index is 5.97. The molecule has 2 aromatic heterocycles.